The van der Waals surface area contributed by atoms with Crippen molar-refractivity contribution >= 4 is 0 Å². The average Bonchev–Trinajstić information content (AvgIpc) is 3.32. The quantitative estimate of drug-likeness (QED) is 0.198. The molecule has 0 radical (unpaired) electrons. The minimum absolute atomic E-state index is 0.122. The Morgan fingerprint density at radius 2 is 1.59 bits per heavy atom. The summed E-state index contributed by atoms with van der Waals surface area (Å²) < 4.78 is 8.19. The topological polar surface area (TPSA) is 59.3 Å². The molecule has 0 aliphatic carbocycles. The van der Waals surface area contributed by atoms with Crippen LogP contribution < -0.4 is 10.1 Å². The highest BCUT2D eigenvalue weighted by Crippen LogP contribution is 2.38. The molecule has 1 unspecified atom stereocenters. The highest BCUT2D eigenvalue weighted by molar-refractivity contribution is 5.72. The summed E-state index contributed by atoms with van der Waals surface area (Å²) in [5.74, 6) is 2.07. The Labute approximate surface area is 221 Å². The van der Waals surface area contributed by atoms with Gasteiger partial charge in [-0.1, -0.05) is 87.7 Å². The molecule has 0 bridgehead atoms. The number of phenols is 1. The molecule has 1 aromatic heterocycles. The van der Waals surface area contributed by atoms with E-state index in [-0.39, 0.29) is 11.8 Å². The average molecular weight is 498 g/mol. The van der Waals surface area contributed by atoms with E-state index in [4.69, 9.17) is 9.72 Å². The predicted octanol–water partition coefficient (Wildman–Crippen LogP) is 7.75. The van der Waals surface area contributed by atoms with Gasteiger partial charge in [0.05, 0.1) is 24.1 Å². The maximum atomic E-state index is 9.72. The molecule has 3 aromatic carbocycles. The molecule has 37 heavy (non-hydrogen) atoms. The number of phenolic OH excluding ortho intramolecular Hbond substituents is 1. The van der Waals surface area contributed by atoms with Crippen LogP contribution in [0.3, 0.4) is 0 Å². The fourth-order valence-electron chi connectivity index (χ4n) is 4.80. The first kappa shape index (κ1) is 26.5. The van der Waals surface area contributed by atoms with Crippen LogP contribution >= 0.6 is 0 Å². The zero-order valence-corrected chi connectivity index (χ0v) is 22.3. The molecule has 5 nitrogen and oxygen atoms in total. The molecule has 0 saturated carbocycles. The number of aromatic hydroxyl groups is 1. The van der Waals surface area contributed by atoms with Crippen molar-refractivity contribution in [2.75, 3.05) is 7.11 Å². The number of hydrogen-bond donors (Lipinski definition) is 2. The monoisotopic (exact) mass is 497 g/mol. The second-order valence-corrected chi connectivity index (χ2v) is 9.48. The molecule has 0 amide bonds. The summed E-state index contributed by atoms with van der Waals surface area (Å²) in [6, 6.07) is 26.3. The summed E-state index contributed by atoms with van der Waals surface area (Å²) in [6.07, 6.45) is 5.42. The molecule has 5 heteroatoms. The Bertz CT molecular complexity index is 1250. The third-order valence-electron chi connectivity index (χ3n) is 6.80. The normalized spacial score (nSPS) is 12.0. The molecule has 0 fully saturated rings. The zero-order valence-electron chi connectivity index (χ0n) is 22.3. The molecule has 0 saturated heterocycles. The van der Waals surface area contributed by atoms with Gasteiger partial charge in [0, 0.05) is 24.7 Å². The number of nitrogens with zero attached hydrogens (tertiary/aromatic N) is 2. The van der Waals surface area contributed by atoms with E-state index < -0.39 is 0 Å². The Kier molecular flexibility index (Phi) is 9.39. The molecule has 194 valence electrons. The SMILES string of the molecule is CCCCC(NCc1ccc(O)cc1)c1c(-c2ccccc2)nc(-c2ccccc2OC)n1CCCC. The summed E-state index contributed by atoms with van der Waals surface area (Å²) in [7, 11) is 1.72. The van der Waals surface area contributed by atoms with Crippen molar-refractivity contribution in [2.24, 2.45) is 0 Å². The van der Waals surface area contributed by atoms with Crippen LogP contribution in [0.15, 0.2) is 78.9 Å². The van der Waals surface area contributed by atoms with Crippen LogP contribution in [-0.4, -0.2) is 21.8 Å². The number of hydrogen-bond acceptors (Lipinski definition) is 4. The van der Waals surface area contributed by atoms with Crippen molar-refractivity contribution < 1.29 is 9.84 Å². The molecule has 4 rings (SSSR count). The number of ether oxygens (including phenoxy) is 1. The maximum absolute atomic E-state index is 9.72. The van der Waals surface area contributed by atoms with E-state index in [9.17, 15) is 5.11 Å². The predicted molar refractivity (Wildman–Crippen MR) is 152 cm³/mol. The maximum Gasteiger partial charge on any atom is 0.144 e. The fourth-order valence-corrected chi connectivity index (χ4v) is 4.80. The van der Waals surface area contributed by atoms with Gasteiger partial charge in [0.15, 0.2) is 0 Å². The van der Waals surface area contributed by atoms with E-state index in [1.54, 1.807) is 19.2 Å². The number of benzene rings is 3. The number of para-hydroxylation sites is 1. The van der Waals surface area contributed by atoms with E-state index >= 15 is 0 Å². The van der Waals surface area contributed by atoms with Crippen molar-refractivity contribution in [1.82, 2.24) is 14.9 Å². The van der Waals surface area contributed by atoms with Gasteiger partial charge in [-0.25, -0.2) is 4.98 Å². The molecule has 0 aliphatic heterocycles. The Morgan fingerprint density at radius 1 is 0.892 bits per heavy atom. The second kappa shape index (κ2) is 13.1. The summed E-state index contributed by atoms with van der Waals surface area (Å²) in [5.41, 5.74) is 5.53. The van der Waals surface area contributed by atoms with Crippen LogP contribution in [0.5, 0.6) is 11.5 Å². The van der Waals surface area contributed by atoms with Crippen molar-refractivity contribution in [3.63, 3.8) is 0 Å². The molecule has 4 aromatic rings. The third-order valence-corrected chi connectivity index (χ3v) is 6.80. The molecule has 1 heterocycles. The Balaban J connectivity index is 1.87. The van der Waals surface area contributed by atoms with Gasteiger partial charge >= 0.3 is 0 Å². The van der Waals surface area contributed by atoms with Crippen LogP contribution in [0, 0.1) is 0 Å². The standard InChI is InChI=1S/C32H39N3O2/c1-4-6-16-28(33-23-24-18-20-26(36)21-19-24)31-30(25-13-9-8-10-14-25)34-32(35(31)22-7-5-2)27-15-11-12-17-29(27)37-3/h8-15,17-21,28,33,36H,4-7,16,22-23H2,1-3H3. The largest absolute Gasteiger partial charge is 0.508 e. The minimum Gasteiger partial charge on any atom is -0.508 e. The number of nitrogens with one attached hydrogen (secondary N) is 1. The molecule has 1 atom stereocenters. The summed E-state index contributed by atoms with van der Waals surface area (Å²) >= 11 is 0. The number of methoxy groups -OCH3 is 1. The number of imidazole rings is 1. The van der Waals surface area contributed by atoms with Gasteiger partial charge in [-0.05, 0) is 42.7 Å². The fraction of sp³-hybridized carbons (Fsp3) is 0.344. The van der Waals surface area contributed by atoms with Gasteiger partial charge in [-0.3, -0.25) is 0 Å². The third kappa shape index (κ3) is 6.41. The van der Waals surface area contributed by atoms with Crippen molar-refractivity contribution in [3.8, 4) is 34.1 Å². The first-order valence-corrected chi connectivity index (χ1v) is 13.5. The van der Waals surface area contributed by atoms with Gasteiger partial charge < -0.3 is 19.7 Å². The lowest BCUT2D eigenvalue weighted by atomic mass is 10.0. The first-order chi connectivity index (χ1) is 18.2. The van der Waals surface area contributed by atoms with Crippen molar-refractivity contribution in [1.29, 1.82) is 0 Å². The van der Waals surface area contributed by atoms with E-state index in [0.29, 0.717) is 6.54 Å². The molecule has 0 aliphatic rings. The molecule has 0 spiro atoms. The number of unbranched alkanes of at least 4 members (excludes halogenated alkanes) is 2. The number of aromatic nitrogens is 2. The van der Waals surface area contributed by atoms with Crippen molar-refractivity contribution in [2.45, 2.75) is 65.1 Å². The number of rotatable bonds is 13. The van der Waals surface area contributed by atoms with Gasteiger partial charge in [0.25, 0.3) is 0 Å². The zero-order chi connectivity index (χ0) is 26.0. The van der Waals surface area contributed by atoms with Crippen molar-refractivity contribution in [3.05, 3.63) is 90.1 Å². The van der Waals surface area contributed by atoms with Gasteiger partial charge in [-0.2, -0.15) is 0 Å². The van der Waals surface area contributed by atoms with Crippen LogP contribution in [0.4, 0.5) is 0 Å². The van der Waals surface area contributed by atoms with E-state index in [2.05, 4.69) is 66.2 Å². The summed E-state index contributed by atoms with van der Waals surface area (Å²) in [5, 5.41) is 13.6. The Morgan fingerprint density at radius 3 is 2.30 bits per heavy atom. The summed E-state index contributed by atoms with van der Waals surface area (Å²) in [4.78, 5) is 5.32. The molecule has 2 N–H and O–H groups in total. The lowest BCUT2D eigenvalue weighted by Crippen LogP contribution is -2.24. The molecular weight excluding hydrogens is 458 g/mol. The highest BCUT2D eigenvalue weighted by atomic mass is 16.5. The summed E-state index contributed by atoms with van der Waals surface area (Å²) in [6.45, 7) is 6.08. The van der Waals surface area contributed by atoms with Crippen LogP contribution in [-0.2, 0) is 13.1 Å². The van der Waals surface area contributed by atoms with Crippen LogP contribution in [0.2, 0.25) is 0 Å². The minimum atomic E-state index is 0.122. The van der Waals surface area contributed by atoms with E-state index in [0.717, 1.165) is 72.6 Å². The smallest absolute Gasteiger partial charge is 0.144 e. The van der Waals surface area contributed by atoms with E-state index in [1.165, 1.54) is 5.69 Å². The van der Waals surface area contributed by atoms with Gasteiger partial charge in [0.1, 0.15) is 17.3 Å². The molecular formula is C32H39N3O2. The second-order valence-electron chi connectivity index (χ2n) is 9.48. The van der Waals surface area contributed by atoms with Crippen LogP contribution in [0.25, 0.3) is 22.6 Å². The highest BCUT2D eigenvalue weighted by Gasteiger charge is 2.26. The Hall–Kier alpha value is -3.57. The van der Waals surface area contributed by atoms with Crippen LogP contribution in [0.1, 0.15) is 63.3 Å². The first-order valence-electron chi connectivity index (χ1n) is 13.5. The van der Waals surface area contributed by atoms with E-state index in [1.807, 2.05) is 24.3 Å². The van der Waals surface area contributed by atoms with Gasteiger partial charge in [-0.15, -0.1) is 0 Å². The lowest BCUT2D eigenvalue weighted by molar-refractivity contribution is 0.415. The lowest BCUT2D eigenvalue weighted by Gasteiger charge is -2.23. The van der Waals surface area contributed by atoms with Gasteiger partial charge in [0.2, 0.25) is 0 Å².